The highest BCUT2D eigenvalue weighted by Crippen LogP contribution is 2.67. The predicted octanol–water partition coefficient (Wildman–Crippen LogP) is 31.0. The number of nitrogens with zero attached hydrogens (tertiary/aromatic N) is 9. The zero-order chi connectivity index (χ0) is 90.0. The van der Waals surface area contributed by atoms with E-state index in [0.29, 0.717) is 0 Å². The molecule has 6 aliphatic rings. The molecule has 0 radical (unpaired) electrons. The van der Waals surface area contributed by atoms with Gasteiger partial charge in [0.05, 0.1) is 99.5 Å². The van der Waals surface area contributed by atoms with Crippen molar-refractivity contribution in [1.82, 2.24) is 42.4 Å². The van der Waals surface area contributed by atoms with E-state index in [0.717, 1.165) is 56.5 Å². The number of rotatable bonds is 3. The van der Waals surface area contributed by atoms with E-state index in [1.54, 1.807) is 0 Å². The van der Waals surface area contributed by atoms with Crippen molar-refractivity contribution in [2.24, 2.45) is 0 Å². The summed E-state index contributed by atoms with van der Waals surface area (Å²) in [6, 6.07) is 160. The number of pyridine rings is 3. The van der Waals surface area contributed by atoms with Crippen LogP contribution < -0.4 is 4.74 Å². The number of aromatic nitrogens is 9. The first-order chi connectivity index (χ1) is 68.5. The summed E-state index contributed by atoms with van der Waals surface area (Å²) in [6.45, 7) is 0. The van der Waals surface area contributed by atoms with Crippen molar-refractivity contribution >= 4 is 154 Å². The Hall–Kier alpha value is -17.3. The molecule has 3 spiro atoms. The Morgan fingerprint density at radius 2 is 0.514 bits per heavy atom. The predicted molar refractivity (Wildman–Crippen MR) is 563 cm³/mol. The summed E-state index contributed by atoms with van der Waals surface area (Å²) in [6.07, 6.45) is 5.64. The fourth-order valence-corrected chi connectivity index (χ4v) is 28.2. The molecule has 0 N–H and O–H groups in total. The van der Waals surface area contributed by atoms with Crippen LogP contribution in [0, 0.1) is 0 Å². The van der Waals surface area contributed by atoms with Crippen LogP contribution in [0.1, 0.15) is 66.8 Å². The van der Waals surface area contributed by atoms with E-state index in [4.69, 9.17) is 19.7 Å². The summed E-state index contributed by atoms with van der Waals surface area (Å²) in [7, 11) is 0. The third-order valence-electron chi connectivity index (χ3n) is 30.7. The first kappa shape index (κ1) is 76.2. The summed E-state index contributed by atoms with van der Waals surface area (Å²) in [5, 5.41) is 15.0. The molecule has 10 nitrogen and oxygen atoms in total. The zero-order valence-corrected chi connectivity index (χ0v) is 75.7. The molecule has 0 bridgehead atoms. The Morgan fingerprint density at radius 1 is 0.188 bits per heavy atom. The van der Waals surface area contributed by atoms with E-state index in [2.05, 4.69) is 440 Å². The Kier molecular flexibility index (Phi) is 15.7. The van der Waals surface area contributed by atoms with Gasteiger partial charge in [0.15, 0.2) is 5.75 Å². The van der Waals surface area contributed by atoms with Gasteiger partial charge in [0, 0.05) is 114 Å². The minimum atomic E-state index is -0.621. The molecule has 15 heterocycles. The summed E-state index contributed by atoms with van der Waals surface area (Å²) < 4.78 is 21.6. The molecule has 6 aliphatic heterocycles. The number of hydrogen-bond acceptors (Lipinski definition) is 6. The number of para-hydroxylation sites is 13. The van der Waals surface area contributed by atoms with Crippen LogP contribution in [-0.4, -0.2) is 42.4 Å². The molecule has 12 heteroatoms. The lowest BCUT2D eigenvalue weighted by Gasteiger charge is -2.45. The minimum Gasteiger partial charge on any atom is -0.454 e. The second-order valence-electron chi connectivity index (χ2n) is 36.9. The summed E-state index contributed by atoms with van der Waals surface area (Å²) in [5.41, 5.74) is 31.9. The molecular formula is C126H75N9OS2. The fourth-order valence-electron chi connectivity index (χ4n) is 25.6. The molecule has 18 aromatic carbocycles. The van der Waals surface area contributed by atoms with Crippen molar-refractivity contribution in [3.8, 4) is 46.0 Å². The topological polar surface area (TPSA) is 77.5 Å². The molecule has 0 aliphatic carbocycles. The Morgan fingerprint density at radius 3 is 0.978 bits per heavy atom. The van der Waals surface area contributed by atoms with Gasteiger partial charge in [0.2, 0.25) is 0 Å². The van der Waals surface area contributed by atoms with Gasteiger partial charge in [-0.3, -0.25) is 13.7 Å². The molecule has 138 heavy (non-hydrogen) atoms. The molecular weight excluding hydrogens is 1720 g/mol. The van der Waals surface area contributed by atoms with Crippen LogP contribution in [0.2, 0.25) is 0 Å². The van der Waals surface area contributed by atoms with Crippen LogP contribution in [0.5, 0.6) is 11.5 Å². The molecule has 3 unspecified atom stereocenters. The van der Waals surface area contributed by atoms with Crippen LogP contribution in [-0.2, 0) is 16.2 Å². The summed E-state index contributed by atoms with van der Waals surface area (Å²) in [5.74, 6) is 4.47. The van der Waals surface area contributed by atoms with E-state index < -0.39 is 16.2 Å². The average Bonchev–Trinajstić information content (AvgIpc) is 1.37. The van der Waals surface area contributed by atoms with Crippen LogP contribution >= 0.6 is 23.5 Å². The molecule has 0 fully saturated rings. The third kappa shape index (κ3) is 9.75. The van der Waals surface area contributed by atoms with Gasteiger partial charge in [-0.2, -0.15) is 0 Å². The molecule has 33 rings (SSSR count). The van der Waals surface area contributed by atoms with Crippen molar-refractivity contribution < 1.29 is 4.74 Å². The molecule has 0 saturated heterocycles. The van der Waals surface area contributed by atoms with E-state index in [-0.39, 0.29) is 0 Å². The number of benzene rings is 18. The maximum absolute atomic E-state index is 7.11. The van der Waals surface area contributed by atoms with Gasteiger partial charge in [-0.25, -0.2) is 15.0 Å². The van der Waals surface area contributed by atoms with Gasteiger partial charge < -0.3 is 18.4 Å². The van der Waals surface area contributed by atoms with Gasteiger partial charge in [0.25, 0.3) is 0 Å². The number of hydrogen-bond donors (Lipinski definition) is 0. The van der Waals surface area contributed by atoms with Gasteiger partial charge in [-0.05, 0) is 177 Å². The van der Waals surface area contributed by atoms with Crippen LogP contribution in [0.25, 0.3) is 165 Å². The van der Waals surface area contributed by atoms with Crippen molar-refractivity contribution in [3.05, 3.63) is 522 Å². The quantitative estimate of drug-likeness (QED) is 0.175. The largest absolute Gasteiger partial charge is 0.454 e. The van der Waals surface area contributed by atoms with Crippen LogP contribution in [0.4, 0.5) is 0 Å². The Balaban J connectivity index is 0.0000000959. The first-order valence-corrected chi connectivity index (χ1v) is 48.8. The standard InChI is InChI=1S/C42H25N3O.2C42H25N3S/c1-5-18-34-26(12-1)28-14-11-17-32-39(28)44(34)36-20-7-3-15-30(36)42(32)31-16-4-8-21-37(31)46-41-33(42)24-23-29-27-13-2-6-19-35(27)45(40(29)41)38-22-9-10-25-43-38;1-6-19-35-26(12-1)28-14-11-17-32-41(28)45(35)36-20-7-3-15-30(36)42(32)31-16-4-8-21-38(31)46-39-25-37-29(24-33(39)42)27-13-2-5-18-34(27)44(37)40-22-9-10-23-43-40;1-5-18-34-26(12-1)28-14-11-17-32-39(28)44(34)36-20-7-3-15-30(36)42(32)31-16-4-8-21-37(31)46-41-33(42)24-23-29-27-13-2-6-19-35(27)45(40(29)41)38-22-9-10-25-43-38/h3*1-25H. The van der Waals surface area contributed by atoms with Gasteiger partial charge in [-0.1, -0.05) is 339 Å². The number of fused-ring (bicyclic) bond motifs is 44. The normalized spacial score (nSPS) is 16.2. The lowest BCUT2D eigenvalue weighted by Crippen LogP contribution is -2.37. The Labute approximate surface area is 799 Å². The van der Waals surface area contributed by atoms with Gasteiger partial charge >= 0.3 is 0 Å². The summed E-state index contributed by atoms with van der Waals surface area (Å²) in [4.78, 5) is 19.7. The lowest BCUT2D eigenvalue weighted by molar-refractivity contribution is 0.438. The highest BCUT2D eigenvalue weighted by molar-refractivity contribution is 8.00. The smallest absolute Gasteiger partial charge is 0.156 e. The average molecular weight is 1800 g/mol. The van der Waals surface area contributed by atoms with E-state index >= 15 is 0 Å². The van der Waals surface area contributed by atoms with Crippen molar-refractivity contribution in [1.29, 1.82) is 0 Å². The van der Waals surface area contributed by atoms with Crippen molar-refractivity contribution in [2.45, 2.75) is 35.8 Å². The van der Waals surface area contributed by atoms with Crippen molar-refractivity contribution in [3.63, 3.8) is 0 Å². The fraction of sp³-hybridized carbons (Fsp3) is 0.0238. The van der Waals surface area contributed by atoms with E-state index in [1.807, 2.05) is 66.4 Å². The summed E-state index contributed by atoms with van der Waals surface area (Å²) >= 11 is 3.79. The van der Waals surface area contributed by atoms with Crippen LogP contribution in [0.3, 0.4) is 0 Å². The molecule has 9 aromatic heterocycles. The Bertz CT molecular complexity index is 9630. The van der Waals surface area contributed by atoms with Crippen LogP contribution in [0.15, 0.2) is 475 Å². The van der Waals surface area contributed by atoms with E-state index in [9.17, 15) is 0 Å². The molecule has 0 amide bonds. The maximum Gasteiger partial charge on any atom is 0.156 e. The van der Waals surface area contributed by atoms with E-state index in [1.165, 1.54) is 207 Å². The third-order valence-corrected chi connectivity index (χ3v) is 33.0. The minimum absolute atomic E-state index is 0.500. The zero-order valence-electron chi connectivity index (χ0n) is 74.1. The number of ether oxygens (including phenoxy) is 1. The maximum atomic E-state index is 7.11. The second-order valence-corrected chi connectivity index (χ2v) is 39.1. The van der Waals surface area contributed by atoms with Crippen molar-refractivity contribution in [2.75, 3.05) is 0 Å². The highest BCUT2D eigenvalue weighted by atomic mass is 32.2. The lowest BCUT2D eigenvalue weighted by atomic mass is 9.61. The second kappa shape index (κ2) is 28.4. The molecule has 0 saturated carbocycles. The molecule has 27 aromatic rings. The van der Waals surface area contributed by atoms with Gasteiger partial charge in [0.1, 0.15) is 23.2 Å². The van der Waals surface area contributed by atoms with Gasteiger partial charge in [-0.15, -0.1) is 0 Å². The highest BCUT2D eigenvalue weighted by Gasteiger charge is 2.55. The monoisotopic (exact) mass is 1790 g/mol. The first-order valence-electron chi connectivity index (χ1n) is 47.2. The SMILES string of the molecule is c1ccc(-n2c3ccccc3c3cc4c(cc32)Sc2ccccc2C42c3ccccc3-n3c4ccccc4c4cccc2c43)nc1.c1ccc(-n2c3ccccc3c3ccc4c(c32)Oc2ccccc2C42c3ccccc3-n3c4ccccc4c4cccc2c43)nc1.c1ccc(-n2c3ccccc3c3ccc4c(c32)Sc2ccccc2C42c3ccccc3-n3c4ccccc4c4cccc2c43)nc1. The molecule has 3 atom stereocenters. The molecule has 642 valence electrons.